The van der Waals surface area contributed by atoms with E-state index in [1.165, 1.54) is 0 Å². The van der Waals surface area contributed by atoms with Gasteiger partial charge in [-0.2, -0.15) is 0 Å². The van der Waals surface area contributed by atoms with Crippen LogP contribution in [0, 0.1) is 0 Å². The van der Waals surface area contributed by atoms with Crippen molar-refractivity contribution in [1.29, 1.82) is 1.12 Å². The molecule has 1 aliphatic rings. The Morgan fingerprint density at radius 1 is 1.05 bits per heavy atom. The number of carbonyl (C=O) groups excluding carboxylic acids is 6. The first kappa shape index (κ1) is 30.5. The molecule has 0 radical (unpaired) electrons. The lowest BCUT2D eigenvalue weighted by Gasteiger charge is -2.18. The zero-order valence-electron chi connectivity index (χ0n) is 21.9. The average Bonchev–Trinajstić information content (AvgIpc) is 3.15. The molecule has 0 spiro atoms. The minimum absolute atomic E-state index is 0.0549. The zero-order chi connectivity index (χ0) is 28.3. The van der Waals surface area contributed by atoms with Gasteiger partial charge in [0.2, 0.25) is 23.6 Å². The lowest BCUT2D eigenvalue weighted by molar-refractivity contribution is -0.138. The van der Waals surface area contributed by atoms with Crippen molar-refractivity contribution < 1.29 is 41.9 Å². The summed E-state index contributed by atoms with van der Waals surface area (Å²) in [4.78, 5) is 73.0. The van der Waals surface area contributed by atoms with Crippen molar-refractivity contribution in [2.24, 2.45) is 0 Å². The lowest BCUT2D eigenvalue weighted by Crippen LogP contribution is -2.48. The van der Waals surface area contributed by atoms with E-state index in [4.69, 9.17) is 14.2 Å². The summed E-state index contributed by atoms with van der Waals surface area (Å²) >= 11 is 1.07. The van der Waals surface area contributed by atoms with E-state index >= 15 is 0 Å². The van der Waals surface area contributed by atoms with Gasteiger partial charge >= 0.3 is 12.2 Å². The van der Waals surface area contributed by atoms with Crippen LogP contribution in [0.25, 0.3) is 0 Å². The van der Waals surface area contributed by atoms with Crippen molar-refractivity contribution in [3.05, 3.63) is 0 Å². The number of likely N-dealkylation sites (tertiary alicyclic amines) is 1. The number of imide groups is 1. The highest BCUT2D eigenvalue weighted by Gasteiger charge is 2.39. The molecule has 2 atom stereocenters. The highest BCUT2D eigenvalue weighted by Crippen LogP contribution is 2.26. The largest absolute Gasteiger partial charge is 0.450 e. The van der Waals surface area contributed by atoms with E-state index in [0.717, 1.165) is 16.9 Å². The van der Waals surface area contributed by atoms with Crippen LogP contribution in [0.4, 0.5) is 9.59 Å². The van der Waals surface area contributed by atoms with Crippen LogP contribution < -0.4 is 21.3 Å². The van der Waals surface area contributed by atoms with Crippen molar-refractivity contribution in [1.82, 2.24) is 26.2 Å². The molecule has 0 aromatic rings. The van der Waals surface area contributed by atoms with Crippen molar-refractivity contribution in [3.63, 3.8) is 0 Å². The van der Waals surface area contributed by atoms with Crippen LogP contribution in [-0.4, -0.2) is 92.5 Å². The molecule has 0 saturated carbocycles. The molecule has 210 valence electrons. The quantitative estimate of drug-likeness (QED) is 0.0668. The number of amides is 6. The molecule has 16 heteroatoms. The molecular formula is C21H35N5O9S2. The van der Waals surface area contributed by atoms with Crippen LogP contribution >= 0.6 is 24.9 Å². The Balaban J connectivity index is 2.37. The second-order valence-corrected chi connectivity index (χ2v) is 9.00. The van der Waals surface area contributed by atoms with Gasteiger partial charge in [0.25, 0.3) is 0 Å². The van der Waals surface area contributed by atoms with Gasteiger partial charge in [-0.25, -0.2) is 13.2 Å². The van der Waals surface area contributed by atoms with Gasteiger partial charge in [-0.05, 0) is 45.9 Å². The molecule has 0 aromatic heterocycles. The SMILES string of the molecule is [3H]SOSC1CC(=O)N(CCC(=O)NCCNC(=O)C(CCCCNC(=O)OCC)NC(=O)OCC)C1=O. The van der Waals surface area contributed by atoms with Gasteiger partial charge < -0.3 is 30.7 Å². The first-order chi connectivity index (χ1) is 18.2. The maximum absolute atomic E-state index is 12.6. The Hall–Kier alpha value is -2.72. The Morgan fingerprint density at radius 2 is 1.76 bits per heavy atom. The summed E-state index contributed by atoms with van der Waals surface area (Å²) in [5.74, 6) is -1.76. The number of nitrogens with zero attached hydrogens (tertiary/aromatic N) is 1. The normalized spacial score (nSPS) is 16.0. The zero-order valence-corrected chi connectivity index (χ0v) is 22.5. The summed E-state index contributed by atoms with van der Waals surface area (Å²) in [5.41, 5.74) is 0. The summed E-state index contributed by atoms with van der Waals surface area (Å²) in [7, 11) is 0. The van der Waals surface area contributed by atoms with Gasteiger partial charge in [0.05, 0.1) is 19.6 Å². The summed E-state index contributed by atoms with van der Waals surface area (Å²) in [6, 6.07) is -0.872. The van der Waals surface area contributed by atoms with E-state index < -0.39 is 47.1 Å². The van der Waals surface area contributed by atoms with E-state index in [0.29, 0.717) is 38.6 Å². The fourth-order valence-electron chi connectivity index (χ4n) is 3.25. The van der Waals surface area contributed by atoms with Crippen LogP contribution in [0.1, 0.15) is 46.0 Å². The molecule has 37 heavy (non-hydrogen) atoms. The van der Waals surface area contributed by atoms with Gasteiger partial charge in [0.1, 0.15) is 12.4 Å². The number of unbranched alkanes of at least 4 members (excludes halogenated alkanes) is 1. The number of thiol groups is 1. The number of nitrogens with one attached hydrogen (secondary N) is 4. The van der Waals surface area contributed by atoms with E-state index in [9.17, 15) is 28.8 Å². The topological polar surface area (TPSA) is 181 Å². The smallest absolute Gasteiger partial charge is 0.407 e. The van der Waals surface area contributed by atoms with Gasteiger partial charge in [0.15, 0.2) is 0 Å². The van der Waals surface area contributed by atoms with Crippen molar-refractivity contribution in [2.75, 3.05) is 39.4 Å². The molecule has 1 heterocycles. The molecule has 0 bridgehead atoms. The number of rotatable bonds is 18. The fourth-order valence-corrected chi connectivity index (χ4v) is 4.05. The molecule has 1 saturated heterocycles. The molecule has 1 fully saturated rings. The van der Waals surface area contributed by atoms with Crippen LogP contribution in [-0.2, 0) is 32.3 Å². The number of hydrogen-bond acceptors (Lipinski definition) is 11. The van der Waals surface area contributed by atoms with E-state index in [2.05, 4.69) is 21.3 Å². The molecule has 0 aromatic carbocycles. The second kappa shape index (κ2) is 18.5. The first-order valence-electron chi connectivity index (χ1n) is 12.3. The fraction of sp³-hybridized carbons (Fsp3) is 0.714. The van der Waals surface area contributed by atoms with Crippen LogP contribution in [0.15, 0.2) is 0 Å². The van der Waals surface area contributed by atoms with Crippen molar-refractivity contribution >= 4 is 60.7 Å². The third-order valence-electron chi connectivity index (χ3n) is 5.02. The predicted octanol–water partition coefficient (Wildman–Crippen LogP) is 0.277. The summed E-state index contributed by atoms with van der Waals surface area (Å²) < 4.78 is 21.2. The van der Waals surface area contributed by atoms with Crippen molar-refractivity contribution in [3.8, 4) is 0 Å². The molecule has 2 unspecified atom stereocenters. The Labute approximate surface area is 226 Å². The van der Waals surface area contributed by atoms with Crippen molar-refractivity contribution in [2.45, 2.75) is 57.2 Å². The minimum Gasteiger partial charge on any atom is -0.450 e. The van der Waals surface area contributed by atoms with Gasteiger partial charge in [-0.3, -0.25) is 24.1 Å². The van der Waals surface area contributed by atoms with E-state index in [-0.39, 0.29) is 45.7 Å². The first-order valence-corrected chi connectivity index (χ1v) is 13.0. The number of alkyl carbamates (subject to hydrolysis) is 2. The molecule has 1 aliphatic heterocycles. The highest BCUT2D eigenvalue weighted by molar-refractivity contribution is 8.02. The monoisotopic (exact) mass is 567 g/mol. The van der Waals surface area contributed by atoms with Crippen LogP contribution in [0.2, 0.25) is 0 Å². The lowest BCUT2D eigenvalue weighted by atomic mass is 10.1. The predicted molar refractivity (Wildman–Crippen MR) is 136 cm³/mol. The maximum Gasteiger partial charge on any atom is 0.407 e. The third kappa shape index (κ3) is 12.9. The van der Waals surface area contributed by atoms with Crippen LogP contribution in [0.5, 0.6) is 0 Å². The highest BCUT2D eigenvalue weighted by atomic mass is 32.2. The Morgan fingerprint density at radius 3 is 2.46 bits per heavy atom. The standard InChI is InChI=1S/C21H35N5O9S2/c1-3-33-20(31)24-9-6-5-7-14(25-21(32)34-4-2)18(29)23-11-10-22-16(27)8-12-26-17(28)13-15(19(26)30)37-35-36/h14-15,36H,3-13H2,1-2H3,(H,22,27)(H,23,29)(H,24,31)(H,25,32)/i/hT. The third-order valence-corrected chi connectivity index (χ3v) is 5.93. The number of ether oxygens (including phenoxy) is 2. The second-order valence-electron chi connectivity index (χ2n) is 7.69. The Kier molecular flexibility index (Phi) is 15.3. The summed E-state index contributed by atoms with van der Waals surface area (Å²) in [6.07, 6.45) is -0.0450. The van der Waals surface area contributed by atoms with Gasteiger partial charge in [-0.15, -0.1) is 0 Å². The van der Waals surface area contributed by atoms with E-state index in [1.807, 2.05) is 0 Å². The van der Waals surface area contributed by atoms with Gasteiger partial charge in [-0.1, -0.05) is 0 Å². The molecule has 6 amide bonds. The number of hydrogen-bond donors (Lipinski definition) is 5. The molecule has 0 aliphatic carbocycles. The average molecular weight is 568 g/mol. The minimum atomic E-state index is -0.872. The number of carbonyl (C=O) groups is 6. The van der Waals surface area contributed by atoms with Crippen LogP contribution in [0.3, 0.4) is 0 Å². The molecule has 14 nitrogen and oxygen atoms in total. The summed E-state index contributed by atoms with van der Waals surface area (Å²) in [6.45, 7) is 4.18. The van der Waals surface area contributed by atoms with Gasteiger partial charge in [0, 0.05) is 44.6 Å². The van der Waals surface area contributed by atoms with E-state index in [1.54, 1.807) is 13.8 Å². The Bertz CT molecular complexity index is 824. The maximum atomic E-state index is 12.6. The molecule has 1 rings (SSSR count). The molecule has 4 N–H and O–H groups in total. The molecular weight excluding hydrogens is 530 g/mol. The summed E-state index contributed by atoms with van der Waals surface area (Å²) in [5, 5.41) is 9.57.